The van der Waals surface area contributed by atoms with Crippen LogP contribution in [0.1, 0.15) is 19.3 Å². The number of likely N-dealkylation sites (N-methyl/N-ethyl adjacent to an activating group) is 1. The van der Waals surface area contributed by atoms with E-state index in [1.807, 2.05) is 0 Å². The van der Waals surface area contributed by atoms with Crippen LogP contribution < -0.4 is 0 Å². The minimum absolute atomic E-state index is 0.188. The van der Waals surface area contributed by atoms with Crippen LogP contribution in [-0.4, -0.2) is 52.8 Å². The average molecular weight is 245 g/mol. The van der Waals surface area contributed by atoms with Gasteiger partial charge in [-0.15, -0.1) is 0 Å². The van der Waals surface area contributed by atoms with Gasteiger partial charge in [0.1, 0.15) is 12.2 Å². The molecule has 7 heteroatoms. The van der Waals surface area contributed by atoms with E-state index in [0.717, 1.165) is 4.90 Å². The summed E-state index contributed by atoms with van der Waals surface area (Å²) in [5.41, 5.74) is 0. The summed E-state index contributed by atoms with van der Waals surface area (Å²) in [5.74, 6) is -4.73. The number of amides is 1. The van der Waals surface area contributed by atoms with Crippen LogP contribution in [0.5, 0.6) is 0 Å². The summed E-state index contributed by atoms with van der Waals surface area (Å²) in [4.78, 5) is 43.1. The van der Waals surface area contributed by atoms with Crippen LogP contribution in [0.4, 0.5) is 0 Å². The molecule has 1 atom stereocenters. The molecule has 0 radical (unpaired) electrons. The van der Waals surface area contributed by atoms with E-state index in [-0.39, 0.29) is 13.0 Å². The molecule has 0 aromatic heterocycles. The summed E-state index contributed by atoms with van der Waals surface area (Å²) in [6.07, 6.45) is 1.45. The van der Waals surface area contributed by atoms with E-state index in [9.17, 15) is 19.2 Å². The number of carbonyl (C=O) groups excluding carboxylic acids is 2. The molecule has 1 amide bonds. The number of rotatable bonds is 7. The lowest BCUT2D eigenvalue weighted by Gasteiger charge is -2.14. The van der Waals surface area contributed by atoms with E-state index in [0.29, 0.717) is 19.1 Å². The highest BCUT2D eigenvalue weighted by Gasteiger charge is 2.18. The molecule has 0 saturated carbocycles. The van der Waals surface area contributed by atoms with Gasteiger partial charge in [0.15, 0.2) is 0 Å². The Labute approximate surface area is 98.0 Å². The van der Waals surface area contributed by atoms with Crippen molar-refractivity contribution in [2.24, 2.45) is 5.92 Å². The fourth-order valence-corrected chi connectivity index (χ4v) is 1.23. The van der Waals surface area contributed by atoms with Crippen molar-refractivity contribution >= 4 is 24.1 Å². The van der Waals surface area contributed by atoms with Crippen molar-refractivity contribution in [1.82, 2.24) is 4.90 Å². The predicted octanol–water partition coefficient (Wildman–Crippen LogP) is -0.401. The maximum atomic E-state index is 10.9. The summed E-state index contributed by atoms with van der Waals surface area (Å²) in [6, 6.07) is 0. The monoisotopic (exact) mass is 245 g/mol. The fourth-order valence-electron chi connectivity index (χ4n) is 1.23. The average Bonchev–Trinajstić information content (AvgIpc) is 2.26. The third-order valence-electron chi connectivity index (χ3n) is 2.27. The lowest BCUT2D eigenvalue weighted by atomic mass is 10.0. The molecule has 2 N–H and O–H groups in total. The highest BCUT2D eigenvalue weighted by Crippen LogP contribution is 2.07. The topological polar surface area (TPSA) is 112 Å². The summed E-state index contributed by atoms with van der Waals surface area (Å²) in [7, 11) is 1.35. The Morgan fingerprint density at radius 1 is 1.24 bits per heavy atom. The Morgan fingerprint density at radius 3 is 2.24 bits per heavy atom. The summed E-state index contributed by atoms with van der Waals surface area (Å²) in [5, 5.41) is 17.0. The van der Waals surface area contributed by atoms with Crippen LogP contribution >= 0.6 is 0 Å². The fraction of sp³-hybridized carbons (Fsp3) is 0.600. The second-order valence-electron chi connectivity index (χ2n) is 3.61. The van der Waals surface area contributed by atoms with Crippen molar-refractivity contribution in [1.29, 1.82) is 0 Å². The normalized spacial score (nSPS) is 11.6. The molecule has 17 heavy (non-hydrogen) atoms. The number of hydrogen-bond acceptors (Lipinski definition) is 4. The van der Waals surface area contributed by atoms with Gasteiger partial charge in [0.25, 0.3) is 0 Å². The molecule has 0 aliphatic carbocycles. The van der Waals surface area contributed by atoms with Crippen molar-refractivity contribution in [2.45, 2.75) is 19.3 Å². The van der Waals surface area contributed by atoms with Gasteiger partial charge in [-0.1, -0.05) is 6.42 Å². The molecular formula is C10H15NO6. The van der Waals surface area contributed by atoms with Crippen molar-refractivity contribution in [2.75, 3.05) is 13.6 Å². The SMILES string of the molecule is CN(CCCCC(C=O)C(=O)O)C(=O)C(=O)O. The molecule has 96 valence electrons. The molecule has 0 saturated heterocycles. The lowest BCUT2D eigenvalue weighted by Crippen LogP contribution is -2.33. The van der Waals surface area contributed by atoms with E-state index >= 15 is 0 Å². The van der Waals surface area contributed by atoms with Gasteiger partial charge < -0.3 is 19.9 Å². The highest BCUT2D eigenvalue weighted by atomic mass is 16.4. The molecule has 0 aliphatic rings. The van der Waals surface area contributed by atoms with E-state index < -0.39 is 23.8 Å². The maximum absolute atomic E-state index is 10.9. The standard InChI is InChI=1S/C10H15NO6/c1-11(8(13)10(16)17)5-3-2-4-7(6-12)9(14)15/h6-7H,2-5H2,1H3,(H,14,15)(H,16,17). The third kappa shape index (κ3) is 5.64. The number of aliphatic carboxylic acids is 2. The number of hydrogen-bond donors (Lipinski definition) is 2. The van der Waals surface area contributed by atoms with Crippen LogP contribution in [0.2, 0.25) is 0 Å². The van der Waals surface area contributed by atoms with Crippen molar-refractivity contribution < 1.29 is 29.4 Å². The smallest absolute Gasteiger partial charge is 0.394 e. The first-order chi connectivity index (χ1) is 7.90. The highest BCUT2D eigenvalue weighted by molar-refractivity contribution is 6.31. The molecule has 1 unspecified atom stereocenters. The second kappa shape index (κ2) is 7.37. The molecule has 0 bridgehead atoms. The first-order valence-corrected chi connectivity index (χ1v) is 5.06. The number of carbonyl (C=O) groups is 4. The van der Waals surface area contributed by atoms with Gasteiger partial charge in [0.2, 0.25) is 0 Å². The summed E-state index contributed by atoms with van der Waals surface area (Å²) >= 11 is 0. The molecule has 0 aliphatic heterocycles. The van der Waals surface area contributed by atoms with Gasteiger partial charge in [-0.25, -0.2) is 4.79 Å². The van der Waals surface area contributed by atoms with Gasteiger partial charge in [0.05, 0.1) is 0 Å². The Morgan fingerprint density at radius 2 is 1.82 bits per heavy atom. The zero-order valence-electron chi connectivity index (χ0n) is 9.46. The molecule has 0 heterocycles. The largest absolute Gasteiger partial charge is 0.481 e. The van der Waals surface area contributed by atoms with E-state index in [1.165, 1.54) is 7.05 Å². The van der Waals surface area contributed by atoms with E-state index in [4.69, 9.17) is 10.2 Å². The van der Waals surface area contributed by atoms with E-state index in [1.54, 1.807) is 0 Å². The van der Waals surface area contributed by atoms with Crippen molar-refractivity contribution in [3.05, 3.63) is 0 Å². The van der Waals surface area contributed by atoms with Crippen molar-refractivity contribution in [3.63, 3.8) is 0 Å². The van der Waals surface area contributed by atoms with Gasteiger partial charge in [-0.05, 0) is 12.8 Å². The van der Waals surface area contributed by atoms with Crippen LogP contribution in [0, 0.1) is 5.92 Å². The lowest BCUT2D eigenvalue weighted by molar-refractivity contribution is -0.155. The molecule has 0 fully saturated rings. The number of carboxylic acid groups (broad SMARTS) is 2. The predicted molar refractivity (Wildman–Crippen MR) is 56.3 cm³/mol. The van der Waals surface area contributed by atoms with E-state index in [2.05, 4.69) is 0 Å². The number of carboxylic acids is 2. The molecule has 7 nitrogen and oxygen atoms in total. The van der Waals surface area contributed by atoms with Gasteiger partial charge in [-0.2, -0.15) is 0 Å². The summed E-state index contributed by atoms with van der Waals surface area (Å²) in [6.45, 7) is 0.219. The molecule has 0 aromatic rings. The second-order valence-corrected chi connectivity index (χ2v) is 3.61. The maximum Gasteiger partial charge on any atom is 0.394 e. The third-order valence-corrected chi connectivity index (χ3v) is 2.27. The number of nitrogens with zero attached hydrogens (tertiary/aromatic N) is 1. The van der Waals surface area contributed by atoms with Crippen molar-refractivity contribution in [3.8, 4) is 0 Å². The minimum atomic E-state index is -1.52. The van der Waals surface area contributed by atoms with Crippen LogP contribution in [0.15, 0.2) is 0 Å². The minimum Gasteiger partial charge on any atom is -0.481 e. The first-order valence-electron chi connectivity index (χ1n) is 5.06. The molecule has 0 aromatic carbocycles. The van der Waals surface area contributed by atoms with Crippen LogP contribution in [0.25, 0.3) is 0 Å². The molecule has 0 rings (SSSR count). The van der Waals surface area contributed by atoms with Gasteiger partial charge in [-0.3, -0.25) is 9.59 Å². The Bertz CT molecular complexity index is 314. The Kier molecular flexibility index (Phi) is 6.54. The zero-order chi connectivity index (χ0) is 13.4. The van der Waals surface area contributed by atoms with Gasteiger partial charge in [0, 0.05) is 13.6 Å². The zero-order valence-corrected chi connectivity index (χ0v) is 9.46. The Balaban J connectivity index is 3.85. The molecular weight excluding hydrogens is 230 g/mol. The summed E-state index contributed by atoms with van der Waals surface area (Å²) < 4.78 is 0. The van der Waals surface area contributed by atoms with Crippen LogP contribution in [-0.2, 0) is 19.2 Å². The number of unbranched alkanes of at least 4 members (excludes halogenated alkanes) is 1. The first kappa shape index (κ1) is 15.1. The molecule has 0 spiro atoms. The quantitative estimate of drug-likeness (QED) is 0.273. The van der Waals surface area contributed by atoms with Gasteiger partial charge >= 0.3 is 17.8 Å². The Hall–Kier alpha value is -1.92. The number of aldehydes is 1. The van der Waals surface area contributed by atoms with Crippen LogP contribution in [0.3, 0.4) is 0 Å².